The Balaban J connectivity index is 2.05. The van der Waals surface area contributed by atoms with Gasteiger partial charge in [0.1, 0.15) is 11.3 Å². The fraction of sp³-hybridized carbons (Fsp3) is 0.429. The van der Waals surface area contributed by atoms with Crippen LogP contribution in [0.25, 0.3) is 0 Å². The van der Waals surface area contributed by atoms with Crippen molar-refractivity contribution >= 4 is 17.2 Å². The number of hydrogen-bond donors (Lipinski definition) is 1. The van der Waals surface area contributed by atoms with Crippen molar-refractivity contribution in [2.75, 3.05) is 20.6 Å². The van der Waals surface area contributed by atoms with Crippen LogP contribution in [0.5, 0.6) is 0 Å². The van der Waals surface area contributed by atoms with Crippen LogP contribution in [0.15, 0.2) is 22.0 Å². The largest absolute Gasteiger partial charge is 0.361 e. The maximum Gasteiger partial charge on any atom is 0.256 e. The molecule has 0 aromatic carbocycles. The zero-order chi connectivity index (χ0) is 14.7. The molecule has 0 aliphatic carbocycles. The monoisotopic (exact) mass is 293 g/mol. The van der Waals surface area contributed by atoms with Gasteiger partial charge in [0.25, 0.3) is 5.91 Å². The average Bonchev–Trinajstić information content (AvgIpc) is 3.00. The SMILES string of the molecule is Cc1noc(C)c1C(=O)NC[C@H](c1cccs1)N(C)C. The van der Waals surface area contributed by atoms with Gasteiger partial charge in [-0.3, -0.25) is 4.79 Å². The smallest absolute Gasteiger partial charge is 0.256 e. The Morgan fingerprint density at radius 1 is 1.50 bits per heavy atom. The first-order chi connectivity index (χ1) is 9.50. The molecule has 1 amide bonds. The van der Waals surface area contributed by atoms with Crippen LogP contribution in [0.2, 0.25) is 0 Å². The van der Waals surface area contributed by atoms with Crippen molar-refractivity contribution < 1.29 is 9.32 Å². The van der Waals surface area contributed by atoms with Gasteiger partial charge in [-0.05, 0) is 39.4 Å². The highest BCUT2D eigenvalue weighted by Gasteiger charge is 2.20. The van der Waals surface area contributed by atoms with Crippen LogP contribution in [0.3, 0.4) is 0 Å². The van der Waals surface area contributed by atoms with Gasteiger partial charge in [-0.25, -0.2) is 0 Å². The van der Waals surface area contributed by atoms with E-state index in [1.54, 1.807) is 25.2 Å². The standard InChI is InChI=1S/C14H19N3O2S/c1-9-13(10(2)19-16-9)14(18)15-8-11(17(3)4)12-6-5-7-20-12/h5-7,11H,8H2,1-4H3,(H,15,18)/t11-/m1/s1. The molecular weight excluding hydrogens is 274 g/mol. The Labute approximate surface area is 122 Å². The van der Waals surface area contributed by atoms with E-state index in [-0.39, 0.29) is 11.9 Å². The molecule has 1 N–H and O–H groups in total. The van der Waals surface area contributed by atoms with Crippen LogP contribution in [-0.2, 0) is 0 Å². The highest BCUT2D eigenvalue weighted by atomic mass is 32.1. The summed E-state index contributed by atoms with van der Waals surface area (Å²) >= 11 is 1.69. The molecule has 0 aliphatic heterocycles. The predicted molar refractivity (Wildman–Crippen MR) is 79.1 cm³/mol. The van der Waals surface area contributed by atoms with E-state index in [1.807, 2.05) is 25.5 Å². The highest BCUT2D eigenvalue weighted by molar-refractivity contribution is 7.10. The lowest BCUT2D eigenvalue weighted by atomic mass is 10.1. The van der Waals surface area contributed by atoms with Crippen molar-refractivity contribution in [3.63, 3.8) is 0 Å². The lowest BCUT2D eigenvalue weighted by Crippen LogP contribution is -2.34. The summed E-state index contributed by atoms with van der Waals surface area (Å²) in [6.07, 6.45) is 0. The third-order valence-corrected chi connectivity index (χ3v) is 4.18. The van der Waals surface area contributed by atoms with Gasteiger partial charge in [0.2, 0.25) is 0 Å². The summed E-state index contributed by atoms with van der Waals surface area (Å²) in [7, 11) is 4.01. The van der Waals surface area contributed by atoms with Gasteiger partial charge < -0.3 is 14.7 Å². The van der Waals surface area contributed by atoms with Crippen molar-refractivity contribution in [3.8, 4) is 0 Å². The van der Waals surface area contributed by atoms with E-state index >= 15 is 0 Å². The number of carbonyl (C=O) groups is 1. The molecule has 2 aromatic rings. The maximum absolute atomic E-state index is 12.2. The summed E-state index contributed by atoms with van der Waals surface area (Å²) in [5.74, 6) is 0.419. The minimum Gasteiger partial charge on any atom is -0.361 e. The maximum atomic E-state index is 12.2. The zero-order valence-corrected chi connectivity index (χ0v) is 13.0. The molecule has 2 heterocycles. The van der Waals surface area contributed by atoms with Gasteiger partial charge in [0.05, 0.1) is 11.7 Å². The Hall–Kier alpha value is -1.66. The fourth-order valence-corrected chi connectivity index (χ4v) is 3.03. The molecule has 6 heteroatoms. The van der Waals surface area contributed by atoms with E-state index < -0.39 is 0 Å². The lowest BCUT2D eigenvalue weighted by Gasteiger charge is -2.23. The number of rotatable bonds is 5. The second-order valence-electron chi connectivity index (χ2n) is 4.90. The molecule has 2 rings (SSSR count). The minimum absolute atomic E-state index is 0.135. The van der Waals surface area contributed by atoms with E-state index in [4.69, 9.17) is 4.52 Å². The van der Waals surface area contributed by atoms with Crippen molar-refractivity contribution in [2.45, 2.75) is 19.9 Å². The average molecular weight is 293 g/mol. The summed E-state index contributed by atoms with van der Waals surface area (Å²) in [5.41, 5.74) is 1.16. The molecule has 0 radical (unpaired) electrons. The second kappa shape index (κ2) is 6.19. The molecule has 5 nitrogen and oxygen atoms in total. The van der Waals surface area contributed by atoms with Gasteiger partial charge in [0, 0.05) is 11.4 Å². The molecule has 0 saturated heterocycles. The molecule has 0 bridgehead atoms. The van der Waals surface area contributed by atoms with Gasteiger partial charge in [0.15, 0.2) is 0 Å². The summed E-state index contributed by atoms with van der Waals surface area (Å²) in [6.45, 7) is 4.07. The van der Waals surface area contributed by atoms with E-state index in [2.05, 4.69) is 21.4 Å². The number of hydrogen-bond acceptors (Lipinski definition) is 5. The first kappa shape index (κ1) is 14.7. The van der Waals surface area contributed by atoms with Crippen molar-refractivity contribution in [3.05, 3.63) is 39.4 Å². The number of aromatic nitrogens is 1. The summed E-state index contributed by atoms with van der Waals surface area (Å²) < 4.78 is 5.02. The lowest BCUT2D eigenvalue weighted by molar-refractivity contribution is 0.0940. The number of nitrogens with zero attached hydrogens (tertiary/aromatic N) is 2. The van der Waals surface area contributed by atoms with E-state index in [0.717, 1.165) is 0 Å². The van der Waals surface area contributed by atoms with Crippen LogP contribution in [0.4, 0.5) is 0 Å². The fourth-order valence-electron chi connectivity index (χ4n) is 2.10. The van der Waals surface area contributed by atoms with Gasteiger partial charge in [-0.1, -0.05) is 11.2 Å². The third kappa shape index (κ3) is 3.08. The predicted octanol–water partition coefficient (Wildman–Crippen LogP) is 2.39. The summed E-state index contributed by atoms with van der Waals surface area (Å²) in [6, 6.07) is 4.27. The topological polar surface area (TPSA) is 58.4 Å². The third-order valence-electron chi connectivity index (χ3n) is 3.21. The molecule has 0 spiro atoms. The Morgan fingerprint density at radius 3 is 2.75 bits per heavy atom. The molecule has 0 saturated carbocycles. The molecule has 2 aromatic heterocycles. The van der Waals surface area contributed by atoms with E-state index in [1.165, 1.54) is 4.88 Å². The normalized spacial score (nSPS) is 12.7. The number of thiophene rings is 1. The first-order valence-corrected chi connectivity index (χ1v) is 7.29. The van der Waals surface area contributed by atoms with Gasteiger partial charge >= 0.3 is 0 Å². The van der Waals surface area contributed by atoms with Crippen LogP contribution >= 0.6 is 11.3 Å². The Kier molecular flexibility index (Phi) is 4.57. The molecule has 20 heavy (non-hydrogen) atoms. The number of likely N-dealkylation sites (N-methyl/N-ethyl adjacent to an activating group) is 1. The number of aryl methyl sites for hydroxylation is 2. The van der Waals surface area contributed by atoms with Crippen LogP contribution in [0.1, 0.15) is 32.7 Å². The van der Waals surface area contributed by atoms with Crippen molar-refractivity contribution in [1.29, 1.82) is 0 Å². The number of amides is 1. The van der Waals surface area contributed by atoms with Gasteiger partial charge in [-0.15, -0.1) is 11.3 Å². The Bertz CT molecular complexity index is 556. The van der Waals surface area contributed by atoms with Crippen LogP contribution in [0, 0.1) is 13.8 Å². The minimum atomic E-state index is -0.135. The Morgan fingerprint density at radius 2 is 2.25 bits per heavy atom. The zero-order valence-electron chi connectivity index (χ0n) is 12.1. The molecule has 0 unspecified atom stereocenters. The number of carbonyl (C=O) groups excluding carboxylic acids is 1. The second-order valence-corrected chi connectivity index (χ2v) is 5.88. The molecule has 1 atom stereocenters. The van der Waals surface area contributed by atoms with Crippen LogP contribution < -0.4 is 5.32 Å². The molecular formula is C14H19N3O2S. The number of nitrogens with one attached hydrogen (secondary N) is 1. The molecule has 108 valence electrons. The summed E-state index contributed by atoms with van der Waals surface area (Å²) in [4.78, 5) is 15.5. The van der Waals surface area contributed by atoms with E-state index in [0.29, 0.717) is 23.6 Å². The van der Waals surface area contributed by atoms with E-state index in [9.17, 15) is 4.79 Å². The van der Waals surface area contributed by atoms with Gasteiger partial charge in [-0.2, -0.15) is 0 Å². The van der Waals surface area contributed by atoms with Crippen molar-refractivity contribution in [2.24, 2.45) is 0 Å². The molecule has 0 fully saturated rings. The summed E-state index contributed by atoms with van der Waals surface area (Å²) in [5, 5.41) is 8.81. The first-order valence-electron chi connectivity index (χ1n) is 6.41. The van der Waals surface area contributed by atoms with Crippen LogP contribution in [-0.4, -0.2) is 36.6 Å². The van der Waals surface area contributed by atoms with Crippen molar-refractivity contribution in [1.82, 2.24) is 15.4 Å². The quantitative estimate of drug-likeness (QED) is 0.919. The highest BCUT2D eigenvalue weighted by Crippen LogP contribution is 2.22. The molecule has 0 aliphatic rings.